The number of rotatable bonds is 5. The molecule has 1 aromatic carbocycles. The van der Waals surface area contributed by atoms with E-state index in [1.165, 1.54) is 12.4 Å². The Morgan fingerprint density at radius 1 is 1.20 bits per heavy atom. The average molecular weight is 274 g/mol. The summed E-state index contributed by atoms with van der Waals surface area (Å²) in [6.45, 7) is 4.84. The van der Waals surface area contributed by atoms with Crippen molar-refractivity contribution < 1.29 is 4.39 Å². The van der Waals surface area contributed by atoms with E-state index in [1.807, 2.05) is 27.0 Å². The number of aromatic nitrogens is 2. The van der Waals surface area contributed by atoms with Crippen LogP contribution in [0.5, 0.6) is 0 Å². The third-order valence-corrected chi connectivity index (χ3v) is 3.15. The fraction of sp³-hybridized carbons (Fsp3) is 0.333. The van der Waals surface area contributed by atoms with Gasteiger partial charge in [-0.25, -0.2) is 14.4 Å². The molecule has 0 unspecified atom stereocenters. The van der Waals surface area contributed by atoms with Crippen LogP contribution >= 0.6 is 0 Å². The Labute approximate surface area is 118 Å². The summed E-state index contributed by atoms with van der Waals surface area (Å²) in [4.78, 5) is 10.3. The van der Waals surface area contributed by atoms with Crippen molar-refractivity contribution in [1.82, 2.24) is 9.97 Å². The van der Waals surface area contributed by atoms with Crippen molar-refractivity contribution in [3.05, 3.63) is 42.0 Å². The molecule has 20 heavy (non-hydrogen) atoms. The lowest BCUT2D eigenvalue weighted by atomic mass is 10.2. The lowest BCUT2D eigenvalue weighted by molar-refractivity contribution is 0.627. The zero-order valence-electron chi connectivity index (χ0n) is 12.0. The zero-order chi connectivity index (χ0) is 14.5. The molecule has 0 aliphatic heterocycles. The highest BCUT2D eigenvalue weighted by molar-refractivity contribution is 5.67. The van der Waals surface area contributed by atoms with Crippen LogP contribution in [0.4, 0.5) is 21.7 Å². The fourth-order valence-electron chi connectivity index (χ4n) is 2.18. The summed E-state index contributed by atoms with van der Waals surface area (Å²) in [6.07, 6.45) is 2.28. The molecule has 1 aromatic heterocycles. The number of hydrogen-bond acceptors (Lipinski definition) is 4. The second-order valence-corrected chi connectivity index (χ2v) is 4.42. The first kappa shape index (κ1) is 14.2. The van der Waals surface area contributed by atoms with Gasteiger partial charge in [-0.1, -0.05) is 19.1 Å². The minimum absolute atomic E-state index is 0.263. The summed E-state index contributed by atoms with van der Waals surface area (Å²) in [5.41, 5.74) is 1.49. The lowest BCUT2D eigenvalue weighted by Gasteiger charge is -2.22. The van der Waals surface area contributed by atoms with Crippen LogP contribution in [-0.2, 0) is 6.42 Å². The summed E-state index contributed by atoms with van der Waals surface area (Å²) >= 11 is 0. The highest BCUT2D eigenvalue weighted by Gasteiger charge is 2.16. The van der Waals surface area contributed by atoms with E-state index in [0.717, 1.165) is 30.2 Å². The van der Waals surface area contributed by atoms with Gasteiger partial charge < -0.3 is 10.2 Å². The third-order valence-electron chi connectivity index (χ3n) is 3.15. The number of para-hydroxylation sites is 1. The van der Waals surface area contributed by atoms with Gasteiger partial charge in [-0.05, 0) is 25.5 Å². The van der Waals surface area contributed by atoms with Crippen molar-refractivity contribution in [3.63, 3.8) is 0 Å². The molecule has 0 atom stereocenters. The Balaban J connectivity index is 2.47. The predicted octanol–water partition coefficient (Wildman–Crippen LogP) is 3.38. The molecule has 0 aliphatic carbocycles. The lowest BCUT2D eigenvalue weighted by Crippen LogP contribution is -2.17. The molecule has 1 heterocycles. The van der Waals surface area contributed by atoms with Crippen molar-refractivity contribution >= 4 is 17.3 Å². The van der Waals surface area contributed by atoms with Crippen LogP contribution in [0.15, 0.2) is 30.6 Å². The molecular weight excluding hydrogens is 255 g/mol. The minimum atomic E-state index is -0.263. The van der Waals surface area contributed by atoms with E-state index in [2.05, 4.69) is 15.3 Å². The van der Waals surface area contributed by atoms with Crippen LogP contribution in [0.3, 0.4) is 0 Å². The van der Waals surface area contributed by atoms with E-state index in [4.69, 9.17) is 0 Å². The summed E-state index contributed by atoms with van der Waals surface area (Å²) in [5, 5.41) is 3.22. The molecule has 2 aromatic rings. The van der Waals surface area contributed by atoms with Crippen molar-refractivity contribution in [3.8, 4) is 0 Å². The minimum Gasteiger partial charge on any atom is -0.370 e. The molecule has 0 saturated heterocycles. The maximum absolute atomic E-state index is 13.9. The van der Waals surface area contributed by atoms with Gasteiger partial charge in [0, 0.05) is 19.2 Å². The number of nitrogens with one attached hydrogen (secondary N) is 1. The molecule has 5 heteroatoms. The normalized spacial score (nSPS) is 10.4. The molecule has 106 valence electrons. The summed E-state index contributed by atoms with van der Waals surface area (Å²) in [6, 6.07) is 6.68. The van der Waals surface area contributed by atoms with Gasteiger partial charge in [0.2, 0.25) is 0 Å². The Morgan fingerprint density at radius 2 is 1.95 bits per heavy atom. The van der Waals surface area contributed by atoms with Gasteiger partial charge in [-0.3, -0.25) is 0 Å². The number of hydrogen-bond donors (Lipinski definition) is 1. The van der Waals surface area contributed by atoms with Gasteiger partial charge >= 0.3 is 0 Å². The maximum Gasteiger partial charge on any atom is 0.146 e. The first-order valence-electron chi connectivity index (χ1n) is 6.75. The van der Waals surface area contributed by atoms with Gasteiger partial charge in [0.15, 0.2) is 0 Å². The van der Waals surface area contributed by atoms with E-state index in [-0.39, 0.29) is 5.82 Å². The summed E-state index contributed by atoms with van der Waals surface area (Å²) < 4.78 is 13.9. The molecule has 0 saturated carbocycles. The van der Waals surface area contributed by atoms with Crippen LogP contribution < -0.4 is 10.2 Å². The number of benzene rings is 1. The molecular formula is C15H19FN4. The van der Waals surface area contributed by atoms with E-state index in [1.54, 1.807) is 17.0 Å². The summed E-state index contributed by atoms with van der Waals surface area (Å²) in [5.74, 6) is 1.27. The van der Waals surface area contributed by atoms with E-state index < -0.39 is 0 Å². The second kappa shape index (κ2) is 6.32. The smallest absolute Gasteiger partial charge is 0.146 e. The quantitative estimate of drug-likeness (QED) is 0.907. The monoisotopic (exact) mass is 274 g/mol. The van der Waals surface area contributed by atoms with Gasteiger partial charge in [0.1, 0.15) is 23.8 Å². The first-order valence-corrected chi connectivity index (χ1v) is 6.75. The average Bonchev–Trinajstić information content (AvgIpc) is 2.47. The Kier molecular flexibility index (Phi) is 4.50. The van der Waals surface area contributed by atoms with Crippen LogP contribution in [-0.4, -0.2) is 23.6 Å². The van der Waals surface area contributed by atoms with Crippen LogP contribution in [0.25, 0.3) is 0 Å². The molecule has 0 spiro atoms. The topological polar surface area (TPSA) is 41.1 Å². The molecule has 1 N–H and O–H groups in total. The van der Waals surface area contributed by atoms with Crippen LogP contribution in [0.2, 0.25) is 0 Å². The Hall–Kier alpha value is -2.17. The highest BCUT2D eigenvalue weighted by atomic mass is 19.1. The van der Waals surface area contributed by atoms with E-state index >= 15 is 0 Å². The van der Waals surface area contributed by atoms with Crippen molar-refractivity contribution in [1.29, 1.82) is 0 Å². The standard InChI is InChI=1S/C15H19FN4/c1-4-11-14(17-5-2)18-10-19-15(11)20(3)13-9-7-6-8-12(13)16/h6-10H,4-5H2,1-3H3,(H,17,18,19). The molecule has 4 nitrogen and oxygen atoms in total. The molecule has 0 amide bonds. The number of nitrogens with zero attached hydrogens (tertiary/aromatic N) is 3. The highest BCUT2D eigenvalue weighted by Crippen LogP contribution is 2.30. The fourth-order valence-corrected chi connectivity index (χ4v) is 2.18. The van der Waals surface area contributed by atoms with Gasteiger partial charge in [-0.15, -0.1) is 0 Å². The van der Waals surface area contributed by atoms with Crippen molar-refractivity contribution in [2.24, 2.45) is 0 Å². The van der Waals surface area contributed by atoms with E-state index in [9.17, 15) is 4.39 Å². The van der Waals surface area contributed by atoms with Crippen LogP contribution in [0.1, 0.15) is 19.4 Å². The molecule has 2 rings (SSSR count). The van der Waals surface area contributed by atoms with Crippen LogP contribution in [0, 0.1) is 5.82 Å². The van der Waals surface area contributed by atoms with Crippen molar-refractivity contribution in [2.45, 2.75) is 20.3 Å². The summed E-state index contributed by atoms with van der Waals surface area (Å²) in [7, 11) is 1.82. The molecule has 0 radical (unpaired) electrons. The van der Waals surface area contributed by atoms with E-state index in [0.29, 0.717) is 5.69 Å². The van der Waals surface area contributed by atoms with Gasteiger partial charge in [0.25, 0.3) is 0 Å². The zero-order valence-corrected chi connectivity index (χ0v) is 12.0. The van der Waals surface area contributed by atoms with Gasteiger partial charge in [0.05, 0.1) is 5.69 Å². The Bertz CT molecular complexity index is 586. The SMILES string of the molecule is CCNc1ncnc(N(C)c2ccccc2F)c1CC. The molecule has 0 aliphatic rings. The maximum atomic E-state index is 13.9. The van der Waals surface area contributed by atoms with Gasteiger partial charge in [-0.2, -0.15) is 0 Å². The van der Waals surface area contributed by atoms with Crippen molar-refractivity contribution in [2.75, 3.05) is 23.8 Å². The number of halogens is 1. The Morgan fingerprint density at radius 3 is 2.60 bits per heavy atom. The second-order valence-electron chi connectivity index (χ2n) is 4.42. The predicted molar refractivity (Wildman–Crippen MR) is 80.0 cm³/mol. The molecule has 0 bridgehead atoms. The first-order chi connectivity index (χ1) is 9.69. The number of anilines is 3. The third kappa shape index (κ3) is 2.71. The largest absolute Gasteiger partial charge is 0.370 e. The molecule has 0 fully saturated rings.